The van der Waals surface area contributed by atoms with E-state index in [1.807, 2.05) is 55.5 Å². The van der Waals surface area contributed by atoms with Crippen LogP contribution in [-0.2, 0) is 11.2 Å². The number of pyridine rings is 1. The van der Waals surface area contributed by atoms with Crippen molar-refractivity contribution in [2.75, 3.05) is 12.4 Å². The highest BCUT2D eigenvalue weighted by Gasteiger charge is 2.11. The van der Waals surface area contributed by atoms with E-state index in [1.165, 1.54) is 0 Å². The number of anilines is 1. The summed E-state index contributed by atoms with van der Waals surface area (Å²) in [5, 5.41) is 3.92. The van der Waals surface area contributed by atoms with Crippen molar-refractivity contribution in [2.24, 2.45) is 0 Å². The monoisotopic (exact) mass is 306 g/mol. The van der Waals surface area contributed by atoms with Crippen LogP contribution in [0.1, 0.15) is 11.1 Å². The van der Waals surface area contributed by atoms with Crippen molar-refractivity contribution < 1.29 is 9.53 Å². The zero-order valence-corrected chi connectivity index (χ0v) is 13.2. The third-order valence-corrected chi connectivity index (χ3v) is 3.79. The van der Waals surface area contributed by atoms with Gasteiger partial charge < -0.3 is 10.1 Å². The number of carbonyl (C=O) groups is 1. The molecule has 0 radical (unpaired) electrons. The second kappa shape index (κ2) is 6.48. The fourth-order valence-corrected chi connectivity index (χ4v) is 2.64. The van der Waals surface area contributed by atoms with Gasteiger partial charge in [0.1, 0.15) is 5.75 Å². The summed E-state index contributed by atoms with van der Waals surface area (Å²) in [6, 6.07) is 15.3. The predicted molar refractivity (Wildman–Crippen MR) is 91.8 cm³/mol. The summed E-state index contributed by atoms with van der Waals surface area (Å²) >= 11 is 0. The summed E-state index contributed by atoms with van der Waals surface area (Å²) in [6.07, 6.45) is 2.02. The van der Waals surface area contributed by atoms with Gasteiger partial charge in [0.25, 0.3) is 0 Å². The minimum atomic E-state index is -0.0801. The normalized spacial score (nSPS) is 10.5. The molecule has 0 atom stereocenters. The molecule has 0 spiro atoms. The first kappa shape index (κ1) is 15.0. The van der Waals surface area contributed by atoms with Gasteiger partial charge in [-0.3, -0.25) is 9.78 Å². The molecule has 0 fully saturated rings. The van der Waals surface area contributed by atoms with Crippen LogP contribution in [0.5, 0.6) is 5.75 Å². The third-order valence-electron chi connectivity index (χ3n) is 3.79. The zero-order valence-electron chi connectivity index (χ0n) is 13.2. The first-order valence-corrected chi connectivity index (χ1v) is 7.45. The minimum Gasteiger partial charge on any atom is -0.496 e. The summed E-state index contributed by atoms with van der Waals surface area (Å²) in [6.45, 7) is 2.01. The number of carbonyl (C=O) groups excluding carboxylic acids is 1. The van der Waals surface area contributed by atoms with Crippen molar-refractivity contribution in [1.29, 1.82) is 0 Å². The van der Waals surface area contributed by atoms with Crippen molar-refractivity contribution in [3.05, 3.63) is 65.9 Å². The lowest BCUT2D eigenvalue weighted by molar-refractivity contribution is -0.115. The van der Waals surface area contributed by atoms with Crippen LogP contribution in [0.4, 0.5) is 5.69 Å². The average Bonchev–Trinajstić information content (AvgIpc) is 2.58. The SMILES string of the molecule is COc1ccccc1CC(=O)Nc1ccc(C)c2ncccc12. The number of hydrogen-bond acceptors (Lipinski definition) is 3. The maximum Gasteiger partial charge on any atom is 0.228 e. The lowest BCUT2D eigenvalue weighted by atomic mass is 10.1. The van der Waals surface area contributed by atoms with Gasteiger partial charge in [0.2, 0.25) is 5.91 Å². The second-order valence-electron chi connectivity index (χ2n) is 5.37. The molecule has 0 aliphatic heterocycles. The topological polar surface area (TPSA) is 51.2 Å². The van der Waals surface area contributed by atoms with Crippen LogP contribution in [-0.4, -0.2) is 18.0 Å². The highest BCUT2D eigenvalue weighted by molar-refractivity contribution is 6.02. The van der Waals surface area contributed by atoms with E-state index < -0.39 is 0 Å². The molecule has 1 aromatic heterocycles. The van der Waals surface area contributed by atoms with Crippen LogP contribution in [0, 0.1) is 6.92 Å². The predicted octanol–water partition coefficient (Wildman–Crippen LogP) is 3.73. The molecular formula is C19H18N2O2. The molecule has 116 valence electrons. The van der Waals surface area contributed by atoms with E-state index in [0.717, 1.165) is 33.5 Å². The van der Waals surface area contributed by atoms with Crippen molar-refractivity contribution in [3.8, 4) is 5.75 Å². The van der Waals surface area contributed by atoms with E-state index in [2.05, 4.69) is 10.3 Å². The Labute approximate surface area is 135 Å². The van der Waals surface area contributed by atoms with Gasteiger partial charge in [0.15, 0.2) is 0 Å². The summed E-state index contributed by atoms with van der Waals surface area (Å²) in [7, 11) is 1.61. The van der Waals surface area contributed by atoms with Crippen LogP contribution < -0.4 is 10.1 Å². The van der Waals surface area contributed by atoms with Gasteiger partial charge in [-0.05, 0) is 36.8 Å². The quantitative estimate of drug-likeness (QED) is 0.799. The van der Waals surface area contributed by atoms with Crippen LogP contribution >= 0.6 is 0 Å². The lowest BCUT2D eigenvalue weighted by Gasteiger charge is -2.11. The minimum absolute atomic E-state index is 0.0801. The Morgan fingerprint density at radius 3 is 2.78 bits per heavy atom. The van der Waals surface area contributed by atoms with E-state index in [1.54, 1.807) is 13.3 Å². The molecule has 23 heavy (non-hydrogen) atoms. The van der Waals surface area contributed by atoms with Gasteiger partial charge >= 0.3 is 0 Å². The second-order valence-corrected chi connectivity index (χ2v) is 5.37. The Balaban J connectivity index is 1.85. The molecule has 4 heteroatoms. The third kappa shape index (κ3) is 3.16. The van der Waals surface area contributed by atoms with Crippen molar-refractivity contribution in [2.45, 2.75) is 13.3 Å². The number of fused-ring (bicyclic) bond motifs is 1. The lowest BCUT2D eigenvalue weighted by Crippen LogP contribution is -2.15. The Morgan fingerprint density at radius 1 is 1.13 bits per heavy atom. The number of amides is 1. The maximum atomic E-state index is 12.4. The number of nitrogens with one attached hydrogen (secondary N) is 1. The van der Waals surface area contributed by atoms with E-state index in [9.17, 15) is 4.79 Å². The van der Waals surface area contributed by atoms with Gasteiger partial charge in [0, 0.05) is 17.1 Å². The highest BCUT2D eigenvalue weighted by atomic mass is 16.5. The molecular weight excluding hydrogens is 288 g/mol. The summed E-state index contributed by atoms with van der Waals surface area (Å²) in [5.41, 5.74) is 3.63. The molecule has 2 aromatic carbocycles. The summed E-state index contributed by atoms with van der Waals surface area (Å²) in [4.78, 5) is 16.8. The van der Waals surface area contributed by atoms with Crippen molar-refractivity contribution in [1.82, 2.24) is 4.98 Å². The molecule has 3 rings (SSSR count). The zero-order chi connectivity index (χ0) is 16.2. The first-order valence-electron chi connectivity index (χ1n) is 7.45. The molecule has 1 N–H and O–H groups in total. The van der Waals surface area contributed by atoms with Gasteiger partial charge in [-0.15, -0.1) is 0 Å². The number of hydrogen-bond donors (Lipinski definition) is 1. The van der Waals surface area contributed by atoms with E-state index >= 15 is 0 Å². The van der Waals surface area contributed by atoms with Crippen molar-refractivity contribution in [3.63, 3.8) is 0 Å². The molecule has 4 nitrogen and oxygen atoms in total. The Kier molecular flexibility index (Phi) is 4.24. The van der Waals surface area contributed by atoms with Gasteiger partial charge in [-0.1, -0.05) is 24.3 Å². The van der Waals surface area contributed by atoms with E-state index in [4.69, 9.17) is 4.74 Å². The average molecular weight is 306 g/mol. The summed E-state index contributed by atoms with van der Waals surface area (Å²) < 4.78 is 5.29. The maximum absolute atomic E-state index is 12.4. The molecule has 0 saturated heterocycles. The smallest absolute Gasteiger partial charge is 0.228 e. The van der Waals surface area contributed by atoms with Crippen LogP contribution in [0.2, 0.25) is 0 Å². The largest absolute Gasteiger partial charge is 0.496 e. The molecule has 0 aliphatic carbocycles. The number of aromatic nitrogens is 1. The molecule has 0 unspecified atom stereocenters. The number of rotatable bonds is 4. The molecule has 0 aliphatic rings. The first-order chi connectivity index (χ1) is 11.2. The number of para-hydroxylation sites is 1. The Bertz CT molecular complexity index is 859. The molecule has 3 aromatic rings. The van der Waals surface area contributed by atoms with E-state index in [-0.39, 0.29) is 12.3 Å². The van der Waals surface area contributed by atoms with Crippen molar-refractivity contribution >= 4 is 22.5 Å². The molecule has 0 bridgehead atoms. The van der Waals surface area contributed by atoms with Gasteiger partial charge in [-0.2, -0.15) is 0 Å². The summed E-state index contributed by atoms with van der Waals surface area (Å²) in [5.74, 6) is 0.640. The number of benzene rings is 2. The number of nitrogens with zero attached hydrogens (tertiary/aromatic N) is 1. The molecule has 1 heterocycles. The van der Waals surface area contributed by atoms with Crippen LogP contribution in [0.3, 0.4) is 0 Å². The van der Waals surface area contributed by atoms with Gasteiger partial charge in [0.05, 0.1) is 24.7 Å². The Morgan fingerprint density at radius 2 is 1.96 bits per heavy atom. The number of ether oxygens (including phenoxy) is 1. The number of aryl methyl sites for hydroxylation is 1. The molecule has 1 amide bonds. The van der Waals surface area contributed by atoms with E-state index in [0.29, 0.717) is 0 Å². The Hall–Kier alpha value is -2.88. The van der Waals surface area contributed by atoms with Crippen LogP contribution in [0.25, 0.3) is 10.9 Å². The number of methoxy groups -OCH3 is 1. The highest BCUT2D eigenvalue weighted by Crippen LogP contribution is 2.25. The van der Waals surface area contributed by atoms with Gasteiger partial charge in [-0.25, -0.2) is 0 Å². The molecule has 0 saturated carbocycles. The fraction of sp³-hybridized carbons (Fsp3) is 0.158. The standard InChI is InChI=1S/C19H18N2O2/c1-13-9-10-16(15-7-5-11-20-19(13)15)21-18(22)12-14-6-3-4-8-17(14)23-2/h3-11H,12H2,1-2H3,(H,21,22). The van der Waals surface area contributed by atoms with Crippen LogP contribution in [0.15, 0.2) is 54.7 Å². The fourth-order valence-electron chi connectivity index (χ4n) is 2.64.